The quantitative estimate of drug-likeness (QED) is 0.929. The minimum atomic E-state index is -3.27. The van der Waals surface area contributed by atoms with Crippen LogP contribution in [0.5, 0.6) is 0 Å². The molecule has 0 amide bonds. The summed E-state index contributed by atoms with van der Waals surface area (Å²) in [6.45, 7) is 6.36. The van der Waals surface area contributed by atoms with E-state index in [1.165, 1.54) is 0 Å². The molecule has 0 heterocycles. The van der Waals surface area contributed by atoms with Gasteiger partial charge >= 0.3 is 0 Å². The SMILES string of the molecule is CNC1CCC(C(C)C)CC1S(=O)(=O)c1ccc(C)cc1. The Morgan fingerprint density at radius 2 is 1.76 bits per heavy atom. The molecule has 0 spiro atoms. The number of hydrogen-bond donors (Lipinski definition) is 1. The molecule has 1 aliphatic rings. The van der Waals surface area contributed by atoms with Crippen LogP contribution >= 0.6 is 0 Å². The first-order valence-electron chi connectivity index (χ1n) is 7.84. The Bertz CT molecular complexity index is 563. The summed E-state index contributed by atoms with van der Waals surface area (Å²) in [5, 5.41) is 2.91. The molecule has 1 aromatic carbocycles. The molecule has 1 aliphatic carbocycles. The summed E-state index contributed by atoms with van der Waals surface area (Å²) in [6.07, 6.45) is 2.82. The van der Waals surface area contributed by atoms with Crippen LogP contribution in [0, 0.1) is 18.8 Å². The van der Waals surface area contributed by atoms with Crippen molar-refractivity contribution < 1.29 is 8.42 Å². The third kappa shape index (κ3) is 3.49. The zero-order valence-electron chi connectivity index (χ0n) is 13.5. The van der Waals surface area contributed by atoms with Crippen LogP contribution in [-0.2, 0) is 9.84 Å². The predicted molar refractivity (Wildman–Crippen MR) is 87.2 cm³/mol. The third-order valence-electron chi connectivity index (χ3n) is 4.89. The van der Waals surface area contributed by atoms with Gasteiger partial charge in [0.15, 0.2) is 9.84 Å². The normalized spacial score (nSPS) is 27.0. The lowest BCUT2D eigenvalue weighted by molar-refractivity contribution is 0.246. The fraction of sp³-hybridized carbons (Fsp3) is 0.647. The largest absolute Gasteiger partial charge is 0.316 e. The lowest BCUT2D eigenvalue weighted by Gasteiger charge is -2.37. The maximum absolute atomic E-state index is 13.0. The van der Waals surface area contributed by atoms with Crippen LogP contribution in [0.25, 0.3) is 0 Å². The van der Waals surface area contributed by atoms with Crippen molar-refractivity contribution in [2.24, 2.45) is 11.8 Å². The van der Waals surface area contributed by atoms with Gasteiger partial charge in [0.2, 0.25) is 0 Å². The summed E-state index contributed by atoms with van der Waals surface area (Å²) in [5.41, 5.74) is 1.09. The first-order valence-corrected chi connectivity index (χ1v) is 9.38. The minimum absolute atomic E-state index is 0.0614. The molecule has 3 atom stereocenters. The predicted octanol–water partition coefficient (Wildman–Crippen LogP) is 3.18. The van der Waals surface area contributed by atoms with E-state index in [9.17, 15) is 8.42 Å². The van der Waals surface area contributed by atoms with Gasteiger partial charge in [0.1, 0.15) is 0 Å². The average molecular weight is 309 g/mol. The van der Waals surface area contributed by atoms with E-state index >= 15 is 0 Å². The van der Waals surface area contributed by atoms with Crippen molar-refractivity contribution in [3.05, 3.63) is 29.8 Å². The van der Waals surface area contributed by atoms with E-state index in [2.05, 4.69) is 19.2 Å². The van der Waals surface area contributed by atoms with Crippen molar-refractivity contribution in [2.45, 2.75) is 56.2 Å². The fourth-order valence-corrected chi connectivity index (χ4v) is 5.41. The van der Waals surface area contributed by atoms with Crippen LogP contribution < -0.4 is 5.32 Å². The molecule has 3 unspecified atom stereocenters. The highest BCUT2D eigenvalue weighted by molar-refractivity contribution is 7.92. The third-order valence-corrected chi connectivity index (χ3v) is 7.14. The van der Waals surface area contributed by atoms with Gasteiger partial charge in [-0.1, -0.05) is 31.5 Å². The highest BCUT2D eigenvalue weighted by Gasteiger charge is 2.39. The highest BCUT2D eigenvalue weighted by Crippen LogP contribution is 2.35. The van der Waals surface area contributed by atoms with Crippen LogP contribution in [0.2, 0.25) is 0 Å². The fourth-order valence-electron chi connectivity index (χ4n) is 3.34. The van der Waals surface area contributed by atoms with E-state index in [4.69, 9.17) is 0 Å². The smallest absolute Gasteiger partial charge is 0.182 e. The van der Waals surface area contributed by atoms with Crippen molar-refractivity contribution in [1.82, 2.24) is 5.32 Å². The first-order chi connectivity index (χ1) is 9.86. The zero-order valence-corrected chi connectivity index (χ0v) is 14.3. The Labute approximate surface area is 129 Å². The van der Waals surface area contributed by atoms with Crippen molar-refractivity contribution in [3.63, 3.8) is 0 Å². The monoisotopic (exact) mass is 309 g/mol. The molecular weight excluding hydrogens is 282 g/mol. The van der Waals surface area contributed by atoms with E-state index in [0.29, 0.717) is 16.7 Å². The van der Waals surface area contributed by atoms with Crippen LogP contribution in [-0.4, -0.2) is 26.8 Å². The van der Waals surface area contributed by atoms with Crippen molar-refractivity contribution in [1.29, 1.82) is 0 Å². The van der Waals surface area contributed by atoms with E-state index in [-0.39, 0.29) is 11.3 Å². The number of benzene rings is 1. The zero-order chi connectivity index (χ0) is 15.6. The number of nitrogens with one attached hydrogen (secondary N) is 1. The van der Waals surface area contributed by atoms with Gasteiger partial charge < -0.3 is 5.32 Å². The van der Waals surface area contributed by atoms with E-state index in [1.807, 2.05) is 26.1 Å². The maximum Gasteiger partial charge on any atom is 0.182 e. The van der Waals surface area contributed by atoms with Crippen LogP contribution in [0.15, 0.2) is 29.2 Å². The summed E-state index contributed by atoms with van der Waals surface area (Å²) in [4.78, 5) is 0.461. The molecule has 2 rings (SSSR count). The number of sulfone groups is 1. The maximum atomic E-state index is 13.0. The summed E-state index contributed by atoms with van der Waals surface area (Å²) in [7, 11) is -1.40. The Hall–Kier alpha value is -0.870. The van der Waals surface area contributed by atoms with Gasteiger partial charge in [0, 0.05) is 6.04 Å². The van der Waals surface area contributed by atoms with Crippen molar-refractivity contribution >= 4 is 9.84 Å². The average Bonchev–Trinajstić information content (AvgIpc) is 2.46. The lowest BCUT2D eigenvalue weighted by atomic mass is 9.79. The summed E-state index contributed by atoms with van der Waals surface area (Å²) >= 11 is 0. The Balaban J connectivity index is 2.32. The van der Waals surface area contributed by atoms with E-state index < -0.39 is 9.84 Å². The molecule has 1 fully saturated rings. The molecule has 3 nitrogen and oxygen atoms in total. The summed E-state index contributed by atoms with van der Waals surface area (Å²) < 4.78 is 26.0. The second-order valence-corrected chi connectivity index (χ2v) is 8.78. The number of hydrogen-bond acceptors (Lipinski definition) is 3. The van der Waals surface area contributed by atoms with Gasteiger partial charge in [-0.15, -0.1) is 0 Å². The first kappa shape index (κ1) is 16.5. The molecule has 0 aromatic heterocycles. The van der Waals surface area contributed by atoms with Crippen LogP contribution in [0.1, 0.15) is 38.7 Å². The molecule has 1 aromatic rings. The molecule has 118 valence electrons. The topological polar surface area (TPSA) is 46.2 Å². The number of aryl methyl sites for hydroxylation is 1. The van der Waals surface area contributed by atoms with Gasteiger partial charge in [-0.3, -0.25) is 0 Å². The summed E-state index contributed by atoms with van der Waals surface area (Å²) in [6, 6.07) is 7.31. The summed E-state index contributed by atoms with van der Waals surface area (Å²) in [5.74, 6) is 1.04. The molecule has 0 aliphatic heterocycles. The molecule has 21 heavy (non-hydrogen) atoms. The van der Waals surface area contributed by atoms with Crippen LogP contribution in [0.4, 0.5) is 0 Å². The molecule has 0 bridgehead atoms. The standard InChI is InChI=1S/C17H27NO2S/c1-12(2)14-7-10-16(18-4)17(11-14)21(19,20)15-8-5-13(3)6-9-15/h5-6,8-9,12,14,16-18H,7,10-11H2,1-4H3. The second-order valence-electron chi connectivity index (χ2n) is 6.61. The van der Waals surface area contributed by atoms with Crippen molar-refractivity contribution in [3.8, 4) is 0 Å². The molecule has 4 heteroatoms. The number of rotatable bonds is 4. The van der Waals surface area contributed by atoms with Gasteiger partial charge in [-0.05, 0) is 57.2 Å². The minimum Gasteiger partial charge on any atom is -0.316 e. The molecule has 0 radical (unpaired) electrons. The van der Waals surface area contributed by atoms with Gasteiger partial charge in [-0.25, -0.2) is 8.42 Å². The van der Waals surface area contributed by atoms with Gasteiger partial charge in [0.25, 0.3) is 0 Å². The van der Waals surface area contributed by atoms with E-state index in [0.717, 1.165) is 24.8 Å². The molecule has 1 saturated carbocycles. The molecule has 1 N–H and O–H groups in total. The Morgan fingerprint density at radius 3 is 2.29 bits per heavy atom. The Morgan fingerprint density at radius 1 is 1.14 bits per heavy atom. The second kappa shape index (κ2) is 6.49. The van der Waals surface area contributed by atoms with Crippen molar-refractivity contribution in [2.75, 3.05) is 7.05 Å². The Kier molecular flexibility index (Phi) is 5.10. The van der Waals surface area contributed by atoms with Gasteiger partial charge in [0.05, 0.1) is 10.1 Å². The highest BCUT2D eigenvalue weighted by atomic mass is 32.2. The lowest BCUT2D eigenvalue weighted by Crippen LogP contribution is -2.47. The van der Waals surface area contributed by atoms with E-state index in [1.54, 1.807) is 12.1 Å². The van der Waals surface area contributed by atoms with Crippen LogP contribution in [0.3, 0.4) is 0 Å². The molecular formula is C17H27NO2S. The van der Waals surface area contributed by atoms with Gasteiger partial charge in [-0.2, -0.15) is 0 Å². The molecule has 0 saturated heterocycles.